The number of amides is 1. The highest BCUT2D eigenvalue weighted by Gasteiger charge is 2.23. The molecule has 0 aliphatic heterocycles. The Hall–Kier alpha value is -0.770. The number of ether oxygens (including phenoxy) is 1. The van der Waals surface area contributed by atoms with E-state index < -0.39 is 5.60 Å². The third-order valence-corrected chi connectivity index (χ3v) is 2.27. The lowest BCUT2D eigenvalue weighted by atomic mass is 10.2. The van der Waals surface area contributed by atoms with Crippen LogP contribution in [0.3, 0.4) is 0 Å². The van der Waals surface area contributed by atoms with Crippen LogP contribution in [0.4, 0.5) is 4.79 Å². The molecule has 17 heavy (non-hydrogen) atoms. The van der Waals surface area contributed by atoms with Gasteiger partial charge < -0.3 is 14.7 Å². The predicted octanol–water partition coefficient (Wildman–Crippen LogP) is 2.79. The summed E-state index contributed by atoms with van der Waals surface area (Å²) < 4.78 is 5.34. The lowest BCUT2D eigenvalue weighted by molar-refractivity contribution is 0.0180. The van der Waals surface area contributed by atoms with Crippen LogP contribution in [0.25, 0.3) is 0 Å². The number of aliphatic hydroxyl groups is 1. The number of nitrogens with zero attached hydrogens (tertiary/aromatic N) is 1. The van der Waals surface area contributed by atoms with Gasteiger partial charge in [0, 0.05) is 12.6 Å². The van der Waals surface area contributed by atoms with Crippen molar-refractivity contribution in [1.29, 1.82) is 0 Å². The Kier molecular flexibility index (Phi) is 6.53. The summed E-state index contributed by atoms with van der Waals surface area (Å²) >= 11 is 0. The summed E-state index contributed by atoms with van der Waals surface area (Å²) in [5.41, 5.74) is -0.464. The molecule has 0 saturated carbocycles. The monoisotopic (exact) mass is 245 g/mol. The Labute approximate surface area is 105 Å². The summed E-state index contributed by atoms with van der Waals surface area (Å²) in [6.07, 6.45) is 0.891. The summed E-state index contributed by atoms with van der Waals surface area (Å²) in [5, 5.41) is 9.19. The van der Waals surface area contributed by atoms with Crippen molar-refractivity contribution in [2.45, 2.75) is 72.1 Å². The summed E-state index contributed by atoms with van der Waals surface area (Å²) in [6.45, 7) is 11.9. The maximum absolute atomic E-state index is 11.9. The van der Waals surface area contributed by atoms with E-state index in [1.54, 1.807) is 11.8 Å². The van der Waals surface area contributed by atoms with Crippen molar-refractivity contribution >= 4 is 6.09 Å². The van der Waals surface area contributed by atoms with E-state index in [0.29, 0.717) is 13.0 Å². The fourth-order valence-corrected chi connectivity index (χ4v) is 1.44. The second kappa shape index (κ2) is 6.84. The Morgan fingerprint density at radius 3 is 2.18 bits per heavy atom. The number of carbonyl (C=O) groups is 1. The van der Waals surface area contributed by atoms with E-state index in [1.165, 1.54) is 0 Å². The normalized spacial score (nSPS) is 13.6. The van der Waals surface area contributed by atoms with Crippen molar-refractivity contribution < 1.29 is 14.6 Å². The molecular formula is C13H27NO3. The zero-order chi connectivity index (χ0) is 13.6. The molecule has 0 aliphatic carbocycles. The van der Waals surface area contributed by atoms with Gasteiger partial charge in [-0.25, -0.2) is 4.79 Å². The highest BCUT2D eigenvalue weighted by atomic mass is 16.6. The van der Waals surface area contributed by atoms with Gasteiger partial charge in [-0.05, 0) is 54.4 Å². The van der Waals surface area contributed by atoms with E-state index in [-0.39, 0.29) is 18.2 Å². The van der Waals surface area contributed by atoms with Gasteiger partial charge in [0.2, 0.25) is 0 Å². The van der Waals surface area contributed by atoms with E-state index in [1.807, 2.05) is 34.6 Å². The van der Waals surface area contributed by atoms with Crippen LogP contribution in [0.1, 0.15) is 54.4 Å². The first-order chi connectivity index (χ1) is 7.63. The molecule has 0 unspecified atom stereocenters. The van der Waals surface area contributed by atoms with Gasteiger partial charge in [-0.3, -0.25) is 0 Å². The number of carbonyl (C=O) groups excluding carboxylic acids is 1. The fourth-order valence-electron chi connectivity index (χ4n) is 1.44. The minimum Gasteiger partial charge on any atom is -0.444 e. The Bertz CT molecular complexity index is 231. The van der Waals surface area contributed by atoms with E-state index >= 15 is 0 Å². The maximum atomic E-state index is 11.9. The van der Waals surface area contributed by atoms with Crippen molar-refractivity contribution in [1.82, 2.24) is 4.90 Å². The zero-order valence-corrected chi connectivity index (χ0v) is 12.0. The lowest BCUT2D eigenvalue weighted by Gasteiger charge is -2.30. The van der Waals surface area contributed by atoms with Crippen LogP contribution >= 0.6 is 0 Å². The maximum Gasteiger partial charge on any atom is 0.410 e. The lowest BCUT2D eigenvalue weighted by Crippen LogP contribution is -2.41. The quantitative estimate of drug-likeness (QED) is 0.810. The Morgan fingerprint density at radius 1 is 1.29 bits per heavy atom. The molecule has 0 aromatic heterocycles. The van der Waals surface area contributed by atoms with Crippen LogP contribution in [-0.4, -0.2) is 40.4 Å². The molecular weight excluding hydrogens is 218 g/mol. The highest BCUT2D eigenvalue weighted by Crippen LogP contribution is 2.13. The molecule has 102 valence electrons. The molecule has 0 heterocycles. The van der Waals surface area contributed by atoms with E-state index in [9.17, 15) is 9.90 Å². The van der Waals surface area contributed by atoms with Crippen molar-refractivity contribution in [3.8, 4) is 0 Å². The molecule has 1 amide bonds. The third kappa shape index (κ3) is 8.02. The summed E-state index contributed by atoms with van der Waals surface area (Å²) in [4.78, 5) is 13.6. The van der Waals surface area contributed by atoms with Crippen molar-refractivity contribution in [2.75, 3.05) is 6.54 Å². The summed E-state index contributed by atoms with van der Waals surface area (Å²) in [7, 11) is 0. The molecule has 1 N–H and O–H groups in total. The zero-order valence-electron chi connectivity index (χ0n) is 12.0. The van der Waals surface area contributed by atoms with Crippen molar-refractivity contribution in [3.63, 3.8) is 0 Å². The van der Waals surface area contributed by atoms with Crippen molar-refractivity contribution in [3.05, 3.63) is 0 Å². The van der Waals surface area contributed by atoms with Gasteiger partial charge in [-0.2, -0.15) is 0 Å². The van der Waals surface area contributed by atoms with Crippen LogP contribution in [0.15, 0.2) is 0 Å². The average Bonchev–Trinajstić information content (AvgIpc) is 2.07. The minimum absolute atomic E-state index is 0.110. The second-order valence-electron chi connectivity index (χ2n) is 5.76. The molecule has 0 aromatic carbocycles. The van der Waals surface area contributed by atoms with Gasteiger partial charge >= 0.3 is 6.09 Å². The predicted molar refractivity (Wildman–Crippen MR) is 69.0 cm³/mol. The molecule has 0 aliphatic rings. The van der Waals surface area contributed by atoms with Crippen LogP contribution in [0.5, 0.6) is 0 Å². The summed E-state index contributed by atoms with van der Waals surface area (Å²) in [5.74, 6) is 0. The molecule has 0 rings (SSSR count). The van der Waals surface area contributed by atoms with Crippen LogP contribution in [0, 0.1) is 0 Å². The smallest absolute Gasteiger partial charge is 0.410 e. The molecule has 4 heteroatoms. The largest absolute Gasteiger partial charge is 0.444 e. The Morgan fingerprint density at radius 2 is 1.82 bits per heavy atom. The van der Waals surface area contributed by atoms with Gasteiger partial charge in [-0.15, -0.1) is 0 Å². The third-order valence-electron chi connectivity index (χ3n) is 2.27. The van der Waals surface area contributed by atoms with Gasteiger partial charge in [-0.1, -0.05) is 0 Å². The first kappa shape index (κ1) is 16.2. The molecule has 0 spiro atoms. The topological polar surface area (TPSA) is 49.8 Å². The van der Waals surface area contributed by atoms with Crippen molar-refractivity contribution in [2.24, 2.45) is 0 Å². The SMILES string of the molecule is CC(C)N(CCC[C@@H](C)O)C(=O)OC(C)(C)C. The first-order valence-electron chi connectivity index (χ1n) is 6.31. The van der Waals surface area contributed by atoms with Gasteiger partial charge in [0.1, 0.15) is 5.60 Å². The van der Waals surface area contributed by atoms with Gasteiger partial charge in [0.25, 0.3) is 0 Å². The first-order valence-corrected chi connectivity index (χ1v) is 6.31. The molecule has 4 nitrogen and oxygen atoms in total. The molecule has 0 aromatic rings. The highest BCUT2D eigenvalue weighted by molar-refractivity contribution is 5.68. The van der Waals surface area contributed by atoms with Gasteiger partial charge in [0.05, 0.1) is 6.10 Å². The van der Waals surface area contributed by atoms with Crippen LogP contribution in [0.2, 0.25) is 0 Å². The van der Waals surface area contributed by atoms with E-state index in [0.717, 1.165) is 6.42 Å². The van der Waals surface area contributed by atoms with Crippen LogP contribution in [-0.2, 0) is 4.74 Å². The molecule has 0 saturated heterocycles. The molecule has 0 fully saturated rings. The number of aliphatic hydroxyl groups excluding tert-OH is 1. The molecule has 1 atom stereocenters. The molecule has 0 bridgehead atoms. The number of hydrogen-bond acceptors (Lipinski definition) is 3. The number of hydrogen-bond donors (Lipinski definition) is 1. The minimum atomic E-state index is -0.464. The average molecular weight is 245 g/mol. The fraction of sp³-hybridized carbons (Fsp3) is 0.923. The van der Waals surface area contributed by atoms with Crippen LogP contribution < -0.4 is 0 Å². The van der Waals surface area contributed by atoms with E-state index in [2.05, 4.69) is 0 Å². The Balaban J connectivity index is 4.28. The summed E-state index contributed by atoms with van der Waals surface area (Å²) in [6, 6.07) is 0.110. The standard InChI is InChI=1S/C13H27NO3/c1-10(2)14(9-7-8-11(3)15)12(16)17-13(4,5)6/h10-11,15H,7-9H2,1-6H3/t11-/m1/s1. The van der Waals surface area contributed by atoms with E-state index in [4.69, 9.17) is 4.74 Å². The number of rotatable bonds is 5. The van der Waals surface area contributed by atoms with Gasteiger partial charge in [0.15, 0.2) is 0 Å². The second-order valence-corrected chi connectivity index (χ2v) is 5.76. The molecule has 0 radical (unpaired) electrons.